The van der Waals surface area contributed by atoms with Crippen molar-refractivity contribution < 1.29 is 9.90 Å². The molecule has 2 heteroatoms. The molecular weight excluding hydrogens is 188 g/mol. The van der Waals surface area contributed by atoms with E-state index in [0.29, 0.717) is 11.1 Å². The number of carbonyl (C=O) groups is 1. The maximum absolute atomic E-state index is 11.1. The summed E-state index contributed by atoms with van der Waals surface area (Å²) in [5.41, 5.74) is 0.976. The van der Waals surface area contributed by atoms with Crippen LogP contribution in [0.4, 0.5) is 0 Å². The molecule has 2 aromatic carbocycles. The van der Waals surface area contributed by atoms with Crippen molar-refractivity contribution in [1.82, 2.24) is 0 Å². The number of hydrogen-bond donors (Lipinski definition) is 1. The quantitative estimate of drug-likeness (QED) is 0.804. The van der Waals surface area contributed by atoms with Gasteiger partial charge in [0, 0.05) is 0 Å². The van der Waals surface area contributed by atoms with Crippen LogP contribution < -0.4 is 0 Å². The van der Waals surface area contributed by atoms with E-state index in [1.54, 1.807) is 12.1 Å². The van der Waals surface area contributed by atoms with E-state index in [1.807, 2.05) is 30.3 Å². The van der Waals surface area contributed by atoms with Crippen molar-refractivity contribution in [3.63, 3.8) is 0 Å². The van der Waals surface area contributed by atoms with E-state index in [2.05, 4.69) is 6.58 Å². The summed E-state index contributed by atoms with van der Waals surface area (Å²) in [5.74, 6) is -0.915. The molecule has 2 nitrogen and oxygen atoms in total. The minimum atomic E-state index is -0.915. The third kappa shape index (κ3) is 1.50. The number of carboxylic acids is 1. The standard InChI is InChI=1S/C13H10O2/c1-2-9-7-8-10-5-3-4-6-11(10)12(9)13(14)15/h2-8H,1H2,(H,14,15). The largest absolute Gasteiger partial charge is 0.478 e. The maximum atomic E-state index is 11.1. The van der Waals surface area contributed by atoms with Gasteiger partial charge >= 0.3 is 5.97 Å². The summed E-state index contributed by atoms with van der Waals surface area (Å²) in [5, 5.41) is 10.8. The van der Waals surface area contributed by atoms with Crippen molar-refractivity contribution in [3.05, 3.63) is 54.1 Å². The van der Waals surface area contributed by atoms with Crippen molar-refractivity contribution >= 4 is 22.8 Å². The molecular formula is C13H10O2. The minimum absolute atomic E-state index is 0.322. The first-order valence-corrected chi connectivity index (χ1v) is 4.61. The lowest BCUT2D eigenvalue weighted by Crippen LogP contribution is -2.00. The van der Waals surface area contributed by atoms with Crippen LogP contribution in [0.1, 0.15) is 15.9 Å². The number of rotatable bonds is 2. The van der Waals surface area contributed by atoms with Crippen LogP contribution >= 0.6 is 0 Å². The van der Waals surface area contributed by atoms with Gasteiger partial charge in [-0.3, -0.25) is 0 Å². The molecule has 0 radical (unpaired) electrons. The number of carboxylic acid groups (broad SMARTS) is 1. The smallest absolute Gasteiger partial charge is 0.336 e. The van der Waals surface area contributed by atoms with Crippen LogP contribution in [0.25, 0.3) is 16.8 Å². The summed E-state index contributed by atoms with van der Waals surface area (Å²) in [6, 6.07) is 11.1. The lowest BCUT2D eigenvalue weighted by molar-refractivity contribution is 0.0699. The van der Waals surface area contributed by atoms with Crippen molar-refractivity contribution in [2.45, 2.75) is 0 Å². The lowest BCUT2D eigenvalue weighted by Gasteiger charge is -2.05. The van der Waals surface area contributed by atoms with Crippen molar-refractivity contribution in [1.29, 1.82) is 0 Å². The second kappa shape index (κ2) is 3.58. The van der Waals surface area contributed by atoms with Crippen molar-refractivity contribution in [2.75, 3.05) is 0 Å². The zero-order valence-corrected chi connectivity index (χ0v) is 8.10. The molecule has 0 atom stereocenters. The molecule has 0 heterocycles. The molecule has 0 aliphatic rings. The molecule has 15 heavy (non-hydrogen) atoms. The Bertz CT molecular complexity index is 541. The highest BCUT2D eigenvalue weighted by Gasteiger charge is 2.11. The third-order valence-electron chi connectivity index (χ3n) is 2.40. The Hall–Kier alpha value is -2.09. The molecule has 1 N–H and O–H groups in total. The highest BCUT2D eigenvalue weighted by molar-refractivity contribution is 6.06. The monoisotopic (exact) mass is 198 g/mol. The minimum Gasteiger partial charge on any atom is -0.478 e. The van der Waals surface area contributed by atoms with E-state index in [0.717, 1.165) is 10.8 Å². The average molecular weight is 198 g/mol. The SMILES string of the molecule is C=Cc1ccc2ccccc2c1C(=O)O. The Morgan fingerprint density at radius 1 is 1.20 bits per heavy atom. The van der Waals surface area contributed by atoms with Gasteiger partial charge in [0.1, 0.15) is 0 Å². The topological polar surface area (TPSA) is 37.3 Å². The molecule has 0 fully saturated rings. The molecule has 0 aliphatic carbocycles. The summed E-state index contributed by atoms with van der Waals surface area (Å²) in [4.78, 5) is 11.1. The molecule has 2 rings (SSSR count). The number of benzene rings is 2. The normalized spacial score (nSPS) is 10.1. The summed E-state index contributed by atoms with van der Waals surface area (Å²) >= 11 is 0. The second-order valence-corrected chi connectivity index (χ2v) is 3.26. The fourth-order valence-electron chi connectivity index (χ4n) is 1.70. The summed E-state index contributed by atoms with van der Waals surface area (Å²) in [6.07, 6.45) is 1.57. The fraction of sp³-hybridized carbons (Fsp3) is 0. The van der Waals surface area contributed by atoms with E-state index in [1.165, 1.54) is 0 Å². The number of hydrogen-bond acceptors (Lipinski definition) is 1. The molecule has 0 spiro atoms. The maximum Gasteiger partial charge on any atom is 0.336 e. The molecule has 0 bridgehead atoms. The predicted molar refractivity (Wildman–Crippen MR) is 61.0 cm³/mol. The van der Waals surface area contributed by atoms with Crippen LogP contribution in [0.2, 0.25) is 0 Å². The van der Waals surface area contributed by atoms with Gasteiger partial charge in [-0.2, -0.15) is 0 Å². The summed E-state index contributed by atoms with van der Waals surface area (Å²) in [6.45, 7) is 3.62. The van der Waals surface area contributed by atoms with Gasteiger partial charge in [0.05, 0.1) is 5.56 Å². The van der Waals surface area contributed by atoms with E-state index < -0.39 is 5.97 Å². The third-order valence-corrected chi connectivity index (χ3v) is 2.40. The highest BCUT2D eigenvalue weighted by atomic mass is 16.4. The van der Waals surface area contributed by atoms with Gasteiger partial charge in [0.15, 0.2) is 0 Å². The molecule has 0 unspecified atom stereocenters. The fourth-order valence-corrected chi connectivity index (χ4v) is 1.70. The van der Waals surface area contributed by atoms with Crippen molar-refractivity contribution in [3.8, 4) is 0 Å². The molecule has 74 valence electrons. The Labute approximate surface area is 87.5 Å². The Morgan fingerprint density at radius 3 is 2.60 bits per heavy atom. The first kappa shape index (κ1) is 9.46. The Balaban J connectivity index is 2.90. The Morgan fingerprint density at radius 2 is 1.93 bits per heavy atom. The van der Waals surface area contributed by atoms with Gasteiger partial charge in [-0.05, 0) is 16.3 Å². The molecule has 0 aromatic heterocycles. The van der Waals surface area contributed by atoms with Crippen LogP contribution in [0, 0.1) is 0 Å². The van der Waals surface area contributed by atoms with Gasteiger partial charge in [-0.15, -0.1) is 0 Å². The van der Waals surface area contributed by atoms with Crippen LogP contribution in [-0.4, -0.2) is 11.1 Å². The van der Waals surface area contributed by atoms with E-state index in [-0.39, 0.29) is 0 Å². The predicted octanol–water partition coefficient (Wildman–Crippen LogP) is 3.18. The van der Waals surface area contributed by atoms with Crippen LogP contribution in [0.3, 0.4) is 0 Å². The molecule has 0 aliphatic heterocycles. The van der Waals surface area contributed by atoms with Gasteiger partial charge in [0.2, 0.25) is 0 Å². The van der Waals surface area contributed by atoms with Gasteiger partial charge in [-0.1, -0.05) is 49.1 Å². The van der Waals surface area contributed by atoms with Crippen LogP contribution in [-0.2, 0) is 0 Å². The number of fused-ring (bicyclic) bond motifs is 1. The second-order valence-electron chi connectivity index (χ2n) is 3.26. The average Bonchev–Trinajstić information content (AvgIpc) is 2.27. The summed E-state index contributed by atoms with van der Waals surface area (Å²) < 4.78 is 0. The summed E-state index contributed by atoms with van der Waals surface area (Å²) in [7, 11) is 0. The molecule has 0 saturated heterocycles. The highest BCUT2D eigenvalue weighted by Crippen LogP contribution is 2.23. The number of aromatic carboxylic acids is 1. The van der Waals surface area contributed by atoms with Gasteiger partial charge < -0.3 is 5.11 Å². The first-order chi connectivity index (χ1) is 7.24. The van der Waals surface area contributed by atoms with E-state index >= 15 is 0 Å². The van der Waals surface area contributed by atoms with Crippen molar-refractivity contribution in [2.24, 2.45) is 0 Å². The first-order valence-electron chi connectivity index (χ1n) is 4.61. The lowest BCUT2D eigenvalue weighted by atomic mass is 9.99. The molecule has 2 aromatic rings. The van der Waals surface area contributed by atoms with E-state index in [4.69, 9.17) is 5.11 Å². The van der Waals surface area contributed by atoms with Crippen LogP contribution in [0.15, 0.2) is 43.0 Å². The molecule has 0 saturated carbocycles. The Kier molecular flexibility index (Phi) is 2.26. The molecule has 0 amide bonds. The van der Waals surface area contributed by atoms with Gasteiger partial charge in [0.25, 0.3) is 0 Å². The zero-order valence-electron chi connectivity index (χ0n) is 8.10. The van der Waals surface area contributed by atoms with E-state index in [9.17, 15) is 4.79 Å². The van der Waals surface area contributed by atoms with Gasteiger partial charge in [-0.25, -0.2) is 4.79 Å². The zero-order chi connectivity index (χ0) is 10.8. The van der Waals surface area contributed by atoms with Crippen LogP contribution in [0.5, 0.6) is 0 Å².